The lowest BCUT2D eigenvalue weighted by Crippen LogP contribution is -2.35. The highest BCUT2D eigenvalue weighted by Gasteiger charge is 2.31. The number of rotatable bonds is 3. The lowest BCUT2D eigenvalue weighted by Gasteiger charge is -2.28. The first-order valence-electron chi connectivity index (χ1n) is 6.51. The van der Waals surface area contributed by atoms with Crippen molar-refractivity contribution in [3.63, 3.8) is 0 Å². The summed E-state index contributed by atoms with van der Waals surface area (Å²) < 4.78 is 43.5. The Morgan fingerprint density at radius 1 is 1.26 bits per heavy atom. The van der Waals surface area contributed by atoms with Crippen LogP contribution in [-0.4, -0.2) is 19.2 Å². The number of benzene rings is 1. The molecule has 106 valence electrons. The van der Waals surface area contributed by atoms with Crippen LogP contribution in [0.1, 0.15) is 25.3 Å². The van der Waals surface area contributed by atoms with E-state index in [4.69, 9.17) is 4.74 Å². The Bertz CT molecular complexity index is 413. The third-order valence-corrected chi connectivity index (χ3v) is 3.53. The van der Waals surface area contributed by atoms with Crippen molar-refractivity contribution in [3.05, 3.63) is 29.8 Å². The lowest BCUT2D eigenvalue weighted by molar-refractivity contribution is -0.137. The van der Waals surface area contributed by atoms with Crippen molar-refractivity contribution in [2.75, 3.05) is 13.1 Å². The Hall–Kier alpha value is -1.23. The molecule has 2 rings (SSSR count). The molecule has 1 heterocycles. The molecule has 1 atom stereocenters. The predicted octanol–water partition coefficient (Wildman–Crippen LogP) is 3.47. The van der Waals surface area contributed by atoms with Crippen LogP contribution in [-0.2, 0) is 6.18 Å². The van der Waals surface area contributed by atoms with Gasteiger partial charge in [-0.3, -0.25) is 0 Å². The van der Waals surface area contributed by atoms with Crippen LogP contribution in [0.5, 0.6) is 5.75 Å². The highest BCUT2D eigenvalue weighted by atomic mass is 19.4. The SMILES string of the molecule is CC(Oc1cccc(C(F)(F)F)c1)C1CCNCC1. The lowest BCUT2D eigenvalue weighted by atomic mass is 9.93. The van der Waals surface area contributed by atoms with Gasteiger partial charge in [-0.15, -0.1) is 0 Å². The molecule has 0 aliphatic carbocycles. The second-order valence-electron chi connectivity index (χ2n) is 4.94. The van der Waals surface area contributed by atoms with E-state index in [2.05, 4.69) is 5.32 Å². The summed E-state index contributed by atoms with van der Waals surface area (Å²) in [4.78, 5) is 0. The van der Waals surface area contributed by atoms with Gasteiger partial charge in [0.2, 0.25) is 0 Å². The van der Waals surface area contributed by atoms with Gasteiger partial charge in [0.1, 0.15) is 5.75 Å². The Labute approximate surface area is 111 Å². The maximum atomic E-state index is 12.6. The molecule has 1 saturated heterocycles. The van der Waals surface area contributed by atoms with E-state index < -0.39 is 11.7 Å². The van der Waals surface area contributed by atoms with Gasteiger partial charge in [0.05, 0.1) is 11.7 Å². The van der Waals surface area contributed by atoms with Crippen molar-refractivity contribution in [3.8, 4) is 5.75 Å². The summed E-state index contributed by atoms with van der Waals surface area (Å²) in [5.74, 6) is 0.691. The molecule has 0 bridgehead atoms. The van der Waals surface area contributed by atoms with Crippen molar-refractivity contribution in [1.82, 2.24) is 5.32 Å². The van der Waals surface area contributed by atoms with Gasteiger partial charge in [-0.1, -0.05) is 6.07 Å². The summed E-state index contributed by atoms with van der Waals surface area (Å²) in [6.45, 7) is 3.82. The van der Waals surface area contributed by atoms with Gasteiger partial charge in [-0.2, -0.15) is 13.2 Å². The first-order valence-corrected chi connectivity index (χ1v) is 6.51. The maximum Gasteiger partial charge on any atom is 0.416 e. The zero-order valence-electron chi connectivity index (χ0n) is 10.8. The van der Waals surface area contributed by atoms with Crippen LogP contribution < -0.4 is 10.1 Å². The molecule has 5 heteroatoms. The van der Waals surface area contributed by atoms with Crippen molar-refractivity contribution in [1.29, 1.82) is 0 Å². The fourth-order valence-electron chi connectivity index (χ4n) is 2.37. The van der Waals surface area contributed by atoms with Crippen LogP contribution in [0.15, 0.2) is 24.3 Å². The molecular formula is C14H18F3NO. The summed E-state index contributed by atoms with van der Waals surface area (Å²) in [5, 5.41) is 3.26. The summed E-state index contributed by atoms with van der Waals surface area (Å²) in [6, 6.07) is 5.08. The Morgan fingerprint density at radius 2 is 1.95 bits per heavy atom. The van der Waals surface area contributed by atoms with Gasteiger partial charge in [-0.05, 0) is 57.0 Å². The summed E-state index contributed by atoms with van der Waals surface area (Å²) in [7, 11) is 0. The molecule has 1 unspecified atom stereocenters. The topological polar surface area (TPSA) is 21.3 Å². The van der Waals surface area contributed by atoms with Gasteiger partial charge in [0.25, 0.3) is 0 Å². The van der Waals surface area contributed by atoms with Crippen LogP contribution in [0.4, 0.5) is 13.2 Å². The average molecular weight is 273 g/mol. The molecular weight excluding hydrogens is 255 g/mol. The monoisotopic (exact) mass is 273 g/mol. The van der Waals surface area contributed by atoms with E-state index in [0.717, 1.165) is 38.1 Å². The van der Waals surface area contributed by atoms with Crippen LogP contribution in [0.25, 0.3) is 0 Å². The van der Waals surface area contributed by atoms with E-state index in [1.54, 1.807) is 6.07 Å². The van der Waals surface area contributed by atoms with Gasteiger partial charge in [-0.25, -0.2) is 0 Å². The van der Waals surface area contributed by atoms with Crippen LogP contribution in [0, 0.1) is 5.92 Å². The molecule has 0 amide bonds. The maximum absolute atomic E-state index is 12.6. The molecule has 0 spiro atoms. The summed E-state index contributed by atoms with van der Waals surface area (Å²) >= 11 is 0. The number of alkyl halides is 3. The molecule has 0 saturated carbocycles. The van der Waals surface area contributed by atoms with Gasteiger partial charge in [0.15, 0.2) is 0 Å². The number of hydrogen-bond acceptors (Lipinski definition) is 2. The number of ether oxygens (including phenoxy) is 1. The Kier molecular flexibility index (Phi) is 4.34. The van der Waals surface area contributed by atoms with Crippen LogP contribution in [0.2, 0.25) is 0 Å². The molecule has 1 aromatic rings. The van der Waals surface area contributed by atoms with Crippen molar-refractivity contribution in [2.45, 2.75) is 32.0 Å². The highest BCUT2D eigenvalue weighted by Crippen LogP contribution is 2.32. The molecule has 1 aromatic carbocycles. The standard InChI is InChI=1S/C14H18F3NO/c1-10(11-5-7-18-8-6-11)19-13-4-2-3-12(9-13)14(15,16)17/h2-4,9-11,18H,5-8H2,1H3. The highest BCUT2D eigenvalue weighted by molar-refractivity contribution is 5.30. The van der Waals surface area contributed by atoms with E-state index in [9.17, 15) is 13.2 Å². The second kappa shape index (κ2) is 5.82. The van der Waals surface area contributed by atoms with Crippen molar-refractivity contribution >= 4 is 0 Å². The first-order chi connectivity index (χ1) is 8.97. The predicted molar refractivity (Wildman–Crippen MR) is 67.1 cm³/mol. The third-order valence-electron chi connectivity index (χ3n) is 3.53. The minimum absolute atomic E-state index is 0.0643. The van der Waals surface area contributed by atoms with Crippen molar-refractivity contribution in [2.24, 2.45) is 5.92 Å². The van der Waals surface area contributed by atoms with Crippen molar-refractivity contribution < 1.29 is 17.9 Å². The van der Waals surface area contributed by atoms with Gasteiger partial charge < -0.3 is 10.1 Å². The molecule has 0 aromatic heterocycles. The molecule has 19 heavy (non-hydrogen) atoms. The largest absolute Gasteiger partial charge is 0.490 e. The number of halogens is 3. The summed E-state index contributed by atoms with van der Waals surface area (Å²) in [5.41, 5.74) is -0.664. The zero-order valence-corrected chi connectivity index (χ0v) is 10.8. The van der Waals surface area contributed by atoms with E-state index >= 15 is 0 Å². The Morgan fingerprint density at radius 3 is 2.58 bits per heavy atom. The molecule has 1 aliphatic heterocycles. The Balaban J connectivity index is 2.02. The van der Waals surface area contributed by atoms with E-state index in [-0.39, 0.29) is 6.10 Å². The van der Waals surface area contributed by atoms with Crippen LogP contribution in [0.3, 0.4) is 0 Å². The molecule has 0 radical (unpaired) electrons. The minimum atomic E-state index is -4.32. The fourth-order valence-corrected chi connectivity index (χ4v) is 2.37. The van der Waals surface area contributed by atoms with E-state index in [1.807, 2.05) is 6.92 Å². The van der Waals surface area contributed by atoms with E-state index in [1.165, 1.54) is 6.07 Å². The van der Waals surface area contributed by atoms with Crippen LogP contribution >= 0.6 is 0 Å². The van der Waals surface area contributed by atoms with E-state index in [0.29, 0.717) is 11.7 Å². The number of piperidine rings is 1. The molecule has 1 N–H and O–H groups in total. The third kappa shape index (κ3) is 3.86. The average Bonchev–Trinajstić information content (AvgIpc) is 2.39. The number of nitrogens with one attached hydrogen (secondary N) is 1. The number of hydrogen-bond donors (Lipinski definition) is 1. The summed E-state index contributed by atoms with van der Waals surface area (Å²) in [6.07, 6.45) is -2.39. The smallest absolute Gasteiger partial charge is 0.416 e. The van der Waals surface area contributed by atoms with Gasteiger partial charge >= 0.3 is 6.18 Å². The zero-order chi connectivity index (χ0) is 13.9. The molecule has 1 fully saturated rings. The second-order valence-corrected chi connectivity index (χ2v) is 4.94. The fraction of sp³-hybridized carbons (Fsp3) is 0.571. The van der Waals surface area contributed by atoms with Gasteiger partial charge in [0, 0.05) is 0 Å². The first kappa shape index (κ1) is 14.2. The molecule has 2 nitrogen and oxygen atoms in total. The quantitative estimate of drug-likeness (QED) is 0.910. The molecule has 1 aliphatic rings. The normalized spacial score (nSPS) is 19.2. The minimum Gasteiger partial charge on any atom is -0.490 e.